The van der Waals surface area contributed by atoms with Crippen molar-refractivity contribution in [2.24, 2.45) is 0 Å². The van der Waals surface area contributed by atoms with Gasteiger partial charge in [0.05, 0.1) is 17.7 Å². The predicted octanol–water partition coefficient (Wildman–Crippen LogP) is 5.31. The van der Waals surface area contributed by atoms with E-state index >= 15 is 0 Å². The number of ether oxygens (including phenoxy) is 2. The Labute approximate surface area is 143 Å². The summed E-state index contributed by atoms with van der Waals surface area (Å²) in [5.74, 6) is 1.62. The highest BCUT2D eigenvalue weighted by Crippen LogP contribution is 2.36. The molecule has 0 radical (unpaired) electrons. The molecule has 1 aromatic rings. The first-order valence-corrected chi connectivity index (χ1v) is 9.30. The van der Waals surface area contributed by atoms with Crippen LogP contribution in [0.5, 0.6) is 11.5 Å². The van der Waals surface area contributed by atoms with E-state index in [0.29, 0.717) is 13.2 Å². The Morgan fingerprint density at radius 1 is 0.955 bits per heavy atom. The molecular weight excluding hydrogens is 342 g/mol. The molecule has 0 saturated carbocycles. The normalized spacial score (nSPS) is 10.7. The summed E-state index contributed by atoms with van der Waals surface area (Å²) >= 11 is 3.59. The monoisotopic (exact) mass is 371 g/mol. The van der Waals surface area contributed by atoms with Crippen LogP contribution in [0.3, 0.4) is 0 Å². The van der Waals surface area contributed by atoms with E-state index in [2.05, 4.69) is 40.3 Å². The molecule has 0 heterocycles. The number of hydrogen-bond acceptors (Lipinski definition) is 3. The second kappa shape index (κ2) is 11.8. The number of nitrogens with one attached hydrogen (secondary N) is 1. The van der Waals surface area contributed by atoms with Gasteiger partial charge >= 0.3 is 0 Å². The minimum atomic E-state index is 0.633. The summed E-state index contributed by atoms with van der Waals surface area (Å²) in [6, 6.07) is 4.18. The van der Waals surface area contributed by atoms with Crippen LogP contribution in [0.2, 0.25) is 0 Å². The average Bonchev–Trinajstić information content (AvgIpc) is 2.50. The minimum Gasteiger partial charge on any atom is -0.490 e. The molecule has 1 aromatic carbocycles. The summed E-state index contributed by atoms with van der Waals surface area (Å²) in [5.41, 5.74) is 1.22. The molecule has 0 unspecified atom stereocenters. The van der Waals surface area contributed by atoms with E-state index in [4.69, 9.17) is 9.47 Å². The molecule has 0 saturated heterocycles. The summed E-state index contributed by atoms with van der Waals surface area (Å²) in [7, 11) is 0. The van der Waals surface area contributed by atoms with Crippen LogP contribution < -0.4 is 14.8 Å². The topological polar surface area (TPSA) is 30.5 Å². The Hall–Kier alpha value is -0.740. The van der Waals surface area contributed by atoms with Crippen LogP contribution in [0.15, 0.2) is 16.6 Å². The standard InChI is InChI=1S/C18H30BrNO2/c1-4-7-8-9-10-11-20-14-15-12-16(19)18(22-6-3)17(13-15)21-5-2/h12-13,20H,4-11,14H2,1-3H3. The van der Waals surface area contributed by atoms with Crippen molar-refractivity contribution < 1.29 is 9.47 Å². The summed E-state index contributed by atoms with van der Waals surface area (Å²) in [6.45, 7) is 9.42. The van der Waals surface area contributed by atoms with Gasteiger partial charge in [-0.05, 0) is 60.4 Å². The lowest BCUT2D eigenvalue weighted by Gasteiger charge is -2.15. The molecule has 1 rings (SSSR count). The van der Waals surface area contributed by atoms with Gasteiger partial charge in [-0.25, -0.2) is 0 Å². The van der Waals surface area contributed by atoms with Gasteiger partial charge in [0.15, 0.2) is 11.5 Å². The van der Waals surface area contributed by atoms with E-state index in [1.54, 1.807) is 0 Å². The molecule has 0 aliphatic carbocycles. The third-order valence-electron chi connectivity index (χ3n) is 3.44. The SMILES string of the molecule is CCCCCCCNCc1cc(Br)c(OCC)c(OCC)c1. The molecule has 0 amide bonds. The molecule has 3 nitrogen and oxygen atoms in total. The van der Waals surface area contributed by atoms with Gasteiger partial charge in [-0.15, -0.1) is 0 Å². The molecule has 126 valence electrons. The summed E-state index contributed by atoms with van der Waals surface area (Å²) in [5, 5.41) is 3.51. The second-order valence-electron chi connectivity index (χ2n) is 5.36. The van der Waals surface area contributed by atoms with Gasteiger partial charge in [0, 0.05) is 6.54 Å². The van der Waals surface area contributed by atoms with Crippen molar-refractivity contribution in [2.75, 3.05) is 19.8 Å². The third kappa shape index (κ3) is 7.01. The second-order valence-corrected chi connectivity index (χ2v) is 6.22. The summed E-state index contributed by atoms with van der Waals surface area (Å²) < 4.78 is 12.3. The van der Waals surface area contributed by atoms with Gasteiger partial charge in [-0.2, -0.15) is 0 Å². The van der Waals surface area contributed by atoms with Gasteiger partial charge in [0.2, 0.25) is 0 Å². The fourth-order valence-corrected chi connectivity index (χ4v) is 2.96. The molecule has 4 heteroatoms. The minimum absolute atomic E-state index is 0.633. The maximum Gasteiger partial charge on any atom is 0.175 e. The van der Waals surface area contributed by atoms with Crippen LogP contribution in [0, 0.1) is 0 Å². The van der Waals surface area contributed by atoms with Crippen LogP contribution in [-0.2, 0) is 6.54 Å². The van der Waals surface area contributed by atoms with Crippen LogP contribution in [0.25, 0.3) is 0 Å². The summed E-state index contributed by atoms with van der Waals surface area (Å²) in [4.78, 5) is 0. The number of benzene rings is 1. The molecule has 0 atom stereocenters. The molecule has 0 fully saturated rings. The fraction of sp³-hybridized carbons (Fsp3) is 0.667. The zero-order chi connectivity index (χ0) is 16.2. The van der Waals surface area contributed by atoms with E-state index in [1.807, 2.05) is 13.8 Å². The van der Waals surface area contributed by atoms with Crippen molar-refractivity contribution in [2.45, 2.75) is 59.4 Å². The zero-order valence-corrected chi connectivity index (χ0v) is 15.8. The van der Waals surface area contributed by atoms with E-state index < -0.39 is 0 Å². The number of rotatable bonds is 12. The van der Waals surface area contributed by atoms with Crippen molar-refractivity contribution in [1.29, 1.82) is 0 Å². The van der Waals surface area contributed by atoms with E-state index in [1.165, 1.54) is 37.7 Å². The van der Waals surface area contributed by atoms with Crippen molar-refractivity contribution in [3.8, 4) is 11.5 Å². The van der Waals surface area contributed by atoms with Gasteiger partial charge in [0.1, 0.15) is 0 Å². The lowest BCUT2D eigenvalue weighted by Crippen LogP contribution is -2.15. The highest BCUT2D eigenvalue weighted by Gasteiger charge is 2.11. The van der Waals surface area contributed by atoms with Crippen molar-refractivity contribution in [1.82, 2.24) is 5.32 Å². The van der Waals surface area contributed by atoms with E-state index in [-0.39, 0.29) is 0 Å². The Morgan fingerprint density at radius 2 is 1.68 bits per heavy atom. The molecule has 0 aliphatic rings. The molecule has 0 bridgehead atoms. The van der Waals surface area contributed by atoms with Gasteiger partial charge in [0.25, 0.3) is 0 Å². The highest BCUT2D eigenvalue weighted by atomic mass is 79.9. The highest BCUT2D eigenvalue weighted by molar-refractivity contribution is 9.10. The molecular formula is C18H30BrNO2. The van der Waals surface area contributed by atoms with Gasteiger partial charge < -0.3 is 14.8 Å². The van der Waals surface area contributed by atoms with Crippen molar-refractivity contribution in [3.05, 3.63) is 22.2 Å². The number of halogens is 1. The molecule has 0 aliphatic heterocycles. The van der Waals surface area contributed by atoms with Crippen LogP contribution in [0.1, 0.15) is 58.4 Å². The number of unbranched alkanes of at least 4 members (excludes halogenated alkanes) is 4. The molecule has 1 N–H and O–H groups in total. The lowest BCUT2D eigenvalue weighted by atomic mass is 10.1. The largest absolute Gasteiger partial charge is 0.490 e. The quantitative estimate of drug-likeness (QED) is 0.505. The Bertz CT molecular complexity index is 424. The van der Waals surface area contributed by atoms with Crippen LogP contribution >= 0.6 is 15.9 Å². The Balaban J connectivity index is 2.49. The molecule has 0 aromatic heterocycles. The molecule has 22 heavy (non-hydrogen) atoms. The Morgan fingerprint density at radius 3 is 2.36 bits per heavy atom. The maximum absolute atomic E-state index is 5.70. The smallest absolute Gasteiger partial charge is 0.175 e. The zero-order valence-electron chi connectivity index (χ0n) is 14.2. The first-order valence-electron chi connectivity index (χ1n) is 8.51. The Kier molecular flexibility index (Phi) is 10.3. The maximum atomic E-state index is 5.70. The average molecular weight is 372 g/mol. The lowest BCUT2D eigenvalue weighted by molar-refractivity contribution is 0.286. The summed E-state index contributed by atoms with van der Waals surface area (Å²) in [6.07, 6.45) is 6.56. The third-order valence-corrected chi connectivity index (χ3v) is 4.03. The van der Waals surface area contributed by atoms with Crippen LogP contribution in [0.4, 0.5) is 0 Å². The van der Waals surface area contributed by atoms with Gasteiger partial charge in [-0.3, -0.25) is 0 Å². The van der Waals surface area contributed by atoms with Crippen LogP contribution in [-0.4, -0.2) is 19.8 Å². The predicted molar refractivity (Wildman–Crippen MR) is 96.9 cm³/mol. The first kappa shape index (κ1) is 19.3. The van der Waals surface area contributed by atoms with E-state index in [9.17, 15) is 0 Å². The van der Waals surface area contributed by atoms with Gasteiger partial charge in [-0.1, -0.05) is 32.6 Å². The first-order chi connectivity index (χ1) is 10.7. The number of hydrogen-bond donors (Lipinski definition) is 1. The molecule has 0 spiro atoms. The fourth-order valence-electron chi connectivity index (χ4n) is 2.36. The van der Waals surface area contributed by atoms with E-state index in [0.717, 1.165) is 29.1 Å². The van der Waals surface area contributed by atoms with Crippen molar-refractivity contribution in [3.63, 3.8) is 0 Å². The van der Waals surface area contributed by atoms with Crippen molar-refractivity contribution >= 4 is 15.9 Å².